The Kier molecular flexibility index (Phi) is 6.56. The second-order valence-electron chi connectivity index (χ2n) is 2.40. The number of nitrogens with zero attached hydrogens (tertiary/aromatic N) is 1. The Morgan fingerprint density at radius 2 is 2.00 bits per heavy atom. The van der Waals surface area contributed by atoms with Gasteiger partial charge in [-0.25, -0.2) is 0 Å². The zero-order valence-electron chi connectivity index (χ0n) is 7.21. The number of rotatable bonds is 1. The Labute approximate surface area is 100 Å². The molecule has 0 radical (unpaired) electrons. The highest BCUT2D eigenvalue weighted by Crippen LogP contribution is 2.18. The summed E-state index contributed by atoms with van der Waals surface area (Å²) in [6, 6.07) is 1.55. The number of aromatic nitrogens is 1. The summed E-state index contributed by atoms with van der Waals surface area (Å²) >= 11 is 4.24. The van der Waals surface area contributed by atoms with E-state index in [1.54, 1.807) is 19.9 Å². The van der Waals surface area contributed by atoms with Gasteiger partial charge in [0.25, 0.3) is 0 Å². The lowest BCUT2D eigenvalue weighted by molar-refractivity contribution is 0.112. The molecule has 0 aliphatic carbocycles. The second-order valence-corrected chi connectivity index (χ2v) is 2.40. The predicted octanol–water partition coefficient (Wildman–Crippen LogP) is 2.99. The molecule has 1 aromatic rings. The molecule has 72 valence electrons. The molecule has 0 aliphatic rings. The van der Waals surface area contributed by atoms with Crippen LogP contribution in [-0.2, 0) is 0 Å². The van der Waals surface area contributed by atoms with E-state index >= 15 is 0 Å². The number of aldehydes is 1. The Morgan fingerprint density at radius 1 is 1.46 bits per heavy atom. The van der Waals surface area contributed by atoms with E-state index in [1.807, 2.05) is 0 Å². The monoisotopic (exact) mass is 405 g/mol. The molecular formula is C8H9I2NO2. The molecule has 1 rings (SSSR count). The number of hydrogen-bond acceptors (Lipinski definition) is 3. The van der Waals surface area contributed by atoms with Crippen molar-refractivity contribution in [3.8, 4) is 5.75 Å². The van der Waals surface area contributed by atoms with Crippen LogP contribution in [0.25, 0.3) is 0 Å². The third-order valence-corrected chi connectivity index (χ3v) is 1.45. The van der Waals surface area contributed by atoms with Crippen molar-refractivity contribution in [3.05, 3.63) is 23.0 Å². The molecule has 5 heteroatoms. The highest BCUT2D eigenvalue weighted by Gasteiger charge is 2.04. The number of halogens is 2. The summed E-state index contributed by atoms with van der Waals surface area (Å²) in [4.78, 5) is 14.3. The van der Waals surface area contributed by atoms with E-state index < -0.39 is 0 Å². The predicted molar refractivity (Wildman–Crippen MR) is 68.8 cm³/mol. The average Bonchev–Trinajstić information content (AvgIpc) is 2.14. The zero-order valence-corrected chi connectivity index (χ0v) is 11.5. The van der Waals surface area contributed by atoms with Crippen molar-refractivity contribution < 1.29 is 9.90 Å². The normalized spacial score (nSPS) is 8.62. The zero-order chi connectivity index (χ0) is 10.4. The van der Waals surface area contributed by atoms with Crippen LogP contribution < -0.4 is 0 Å². The number of aryl methyl sites for hydroxylation is 2. The van der Waals surface area contributed by atoms with Crippen LogP contribution in [0.15, 0.2) is 6.07 Å². The molecule has 0 unspecified atom stereocenters. The minimum Gasteiger partial charge on any atom is -0.505 e. The van der Waals surface area contributed by atoms with E-state index in [9.17, 15) is 9.90 Å². The summed E-state index contributed by atoms with van der Waals surface area (Å²) in [6.45, 7) is 3.44. The summed E-state index contributed by atoms with van der Waals surface area (Å²) in [5, 5.41) is 9.23. The molecule has 0 aliphatic heterocycles. The van der Waals surface area contributed by atoms with Gasteiger partial charge in [-0.2, -0.15) is 0 Å². The average molecular weight is 405 g/mol. The van der Waals surface area contributed by atoms with Gasteiger partial charge in [-0.05, 0) is 19.9 Å². The molecule has 0 aromatic carbocycles. The molecule has 0 atom stereocenters. The van der Waals surface area contributed by atoms with Gasteiger partial charge in [-0.3, -0.25) is 9.78 Å². The summed E-state index contributed by atoms with van der Waals surface area (Å²) < 4.78 is 0. The maximum Gasteiger partial charge on any atom is 0.153 e. The van der Waals surface area contributed by atoms with Crippen LogP contribution in [-0.4, -0.2) is 16.4 Å². The molecule has 1 aromatic heterocycles. The SMILES string of the molecule is Cc1cc(C=O)c(O)c(C)n1.II. The standard InChI is InChI=1S/C8H9NO2.I2/c1-5-3-7(4-10)8(11)6(2)9-5;1-2/h3-4,11H,1-2H3;. The first kappa shape index (κ1) is 13.1. The maximum absolute atomic E-state index is 10.3. The highest BCUT2D eigenvalue weighted by molar-refractivity contribution is 15.0. The van der Waals surface area contributed by atoms with Gasteiger partial charge in [0.15, 0.2) is 6.29 Å². The van der Waals surface area contributed by atoms with Crippen molar-refractivity contribution >= 4 is 43.5 Å². The summed E-state index contributed by atoms with van der Waals surface area (Å²) in [6.07, 6.45) is 0.622. The van der Waals surface area contributed by atoms with Gasteiger partial charge in [-0.15, -0.1) is 0 Å². The fourth-order valence-corrected chi connectivity index (χ4v) is 0.942. The minimum atomic E-state index is -0.0226. The minimum absolute atomic E-state index is 0.0226. The van der Waals surface area contributed by atoms with Crippen LogP contribution in [0.3, 0.4) is 0 Å². The molecule has 0 saturated heterocycles. The summed E-state index contributed by atoms with van der Waals surface area (Å²) in [7, 11) is 0. The van der Waals surface area contributed by atoms with Crippen molar-refractivity contribution in [2.24, 2.45) is 0 Å². The lowest BCUT2D eigenvalue weighted by Crippen LogP contribution is -1.91. The number of aromatic hydroxyl groups is 1. The Balaban J connectivity index is 0.000000671. The van der Waals surface area contributed by atoms with Crippen molar-refractivity contribution in [1.82, 2.24) is 4.98 Å². The Hall–Kier alpha value is 0.0800. The van der Waals surface area contributed by atoms with Gasteiger partial charge in [0, 0.05) is 42.9 Å². The quantitative estimate of drug-likeness (QED) is 0.578. The molecule has 1 heterocycles. The van der Waals surface area contributed by atoms with Gasteiger partial charge in [0.05, 0.1) is 11.3 Å². The van der Waals surface area contributed by atoms with E-state index in [4.69, 9.17) is 0 Å². The van der Waals surface area contributed by atoms with Crippen molar-refractivity contribution in [3.63, 3.8) is 0 Å². The maximum atomic E-state index is 10.3. The largest absolute Gasteiger partial charge is 0.505 e. The fourth-order valence-electron chi connectivity index (χ4n) is 0.942. The van der Waals surface area contributed by atoms with Crippen LogP contribution >= 0.6 is 37.2 Å². The molecule has 13 heavy (non-hydrogen) atoms. The smallest absolute Gasteiger partial charge is 0.153 e. The third kappa shape index (κ3) is 3.75. The topological polar surface area (TPSA) is 50.2 Å². The summed E-state index contributed by atoms with van der Waals surface area (Å²) in [5.41, 5.74) is 1.53. The van der Waals surface area contributed by atoms with E-state index in [0.717, 1.165) is 5.69 Å². The molecule has 0 fully saturated rings. The molecule has 0 saturated carbocycles. The molecule has 1 N–H and O–H groups in total. The summed E-state index contributed by atoms with van der Waals surface area (Å²) in [5.74, 6) is -0.0226. The molecule has 0 amide bonds. The lowest BCUT2D eigenvalue weighted by Gasteiger charge is -2.01. The van der Waals surface area contributed by atoms with Gasteiger partial charge in [0.2, 0.25) is 0 Å². The molecule has 0 spiro atoms. The van der Waals surface area contributed by atoms with Gasteiger partial charge < -0.3 is 5.11 Å². The van der Waals surface area contributed by atoms with Crippen LogP contribution in [0.1, 0.15) is 21.7 Å². The van der Waals surface area contributed by atoms with Gasteiger partial charge in [-0.1, -0.05) is 0 Å². The highest BCUT2D eigenvalue weighted by atomic mass is 128. The number of carbonyl (C=O) groups excluding carboxylic acids is 1. The lowest BCUT2D eigenvalue weighted by atomic mass is 10.2. The Bertz CT molecular complexity index is 302. The van der Waals surface area contributed by atoms with Crippen LogP contribution in [0, 0.1) is 13.8 Å². The second kappa shape index (κ2) is 6.52. The van der Waals surface area contributed by atoms with Crippen LogP contribution in [0.5, 0.6) is 5.75 Å². The Morgan fingerprint density at radius 3 is 2.46 bits per heavy atom. The number of pyridine rings is 1. The molecular weight excluding hydrogens is 396 g/mol. The van der Waals surface area contributed by atoms with Gasteiger partial charge >= 0.3 is 0 Å². The first-order valence-electron chi connectivity index (χ1n) is 3.42. The van der Waals surface area contributed by atoms with Crippen molar-refractivity contribution in [2.75, 3.05) is 0 Å². The fraction of sp³-hybridized carbons (Fsp3) is 0.250. The number of hydrogen-bond donors (Lipinski definition) is 1. The van der Waals surface area contributed by atoms with E-state index in [2.05, 4.69) is 42.2 Å². The van der Waals surface area contributed by atoms with E-state index in [-0.39, 0.29) is 5.75 Å². The third-order valence-electron chi connectivity index (χ3n) is 1.45. The molecule has 0 bridgehead atoms. The first-order valence-corrected chi connectivity index (χ1v) is 9.70. The van der Waals surface area contributed by atoms with Crippen molar-refractivity contribution in [1.29, 1.82) is 0 Å². The molecule has 3 nitrogen and oxygen atoms in total. The van der Waals surface area contributed by atoms with E-state index in [0.29, 0.717) is 17.5 Å². The van der Waals surface area contributed by atoms with Gasteiger partial charge in [0.1, 0.15) is 5.75 Å². The van der Waals surface area contributed by atoms with Crippen LogP contribution in [0.4, 0.5) is 0 Å². The number of carbonyl (C=O) groups is 1. The first-order chi connectivity index (χ1) is 6.15. The van der Waals surface area contributed by atoms with E-state index in [1.165, 1.54) is 0 Å². The van der Waals surface area contributed by atoms with Crippen molar-refractivity contribution in [2.45, 2.75) is 13.8 Å². The van der Waals surface area contributed by atoms with Crippen LogP contribution in [0.2, 0.25) is 0 Å².